The molecule has 6 heteroatoms. The van der Waals surface area contributed by atoms with Crippen molar-refractivity contribution < 1.29 is 4.79 Å². The molecule has 1 N–H and O–H groups in total. The number of nitrogens with zero attached hydrogens (tertiary/aromatic N) is 2. The number of hydrogen-bond acceptors (Lipinski definition) is 5. The van der Waals surface area contributed by atoms with Crippen LogP contribution in [0, 0.1) is 0 Å². The largest absolute Gasteiger partial charge is 0.347 e. The van der Waals surface area contributed by atoms with Gasteiger partial charge < -0.3 is 10.2 Å². The van der Waals surface area contributed by atoms with Gasteiger partial charge in [-0.25, -0.2) is 4.98 Å². The Hall–Kier alpha value is -2.02. The molecular weight excluding hydrogens is 338 g/mol. The molecule has 3 rings (SSSR count). The summed E-state index contributed by atoms with van der Waals surface area (Å²) in [6, 6.07) is 10.2. The summed E-state index contributed by atoms with van der Waals surface area (Å²) in [7, 11) is 4.08. The highest BCUT2D eigenvalue weighted by Crippen LogP contribution is 2.25. The second-order valence-electron chi connectivity index (χ2n) is 5.74. The molecular formula is C18H19N3OS2. The van der Waals surface area contributed by atoms with Gasteiger partial charge in [-0.3, -0.25) is 4.79 Å². The van der Waals surface area contributed by atoms with Gasteiger partial charge in [0.05, 0.1) is 0 Å². The molecule has 0 radical (unpaired) electrons. The van der Waals surface area contributed by atoms with Crippen LogP contribution in [0.1, 0.15) is 21.6 Å². The van der Waals surface area contributed by atoms with Gasteiger partial charge >= 0.3 is 0 Å². The third-order valence-corrected chi connectivity index (χ3v) is 5.12. The first-order valence-corrected chi connectivity index (χ1v) is 9.43. The number of amides is 1. The summed E-state index contributed by atoms with van der Waals surface area (Å²) in [6.45, 7) is 1.36. The molecule has 0 aliphatic heterocycles. The number of thiophene rings is 1. The zero-order valence-corrected chi connectivity index (χ0v) is 15.3. The minimum atomic E-state index is -0.132. The Bertz CT molecular complexity index is 809. The lowest BCUT2D eigenvalue weighted by molar-refractivity contribution is 0.0946. The van der Waals surface area contributed by atoms with Crippen molar-refractivity contribution >= 4 is 28.6 Å². The topological polar surface area (TPSA) is 45.2 Å². The quantitative estimate of drug-likeness (QED) is 0.728. The van der Waals surface area contributed by atoms with E-state index < -0.39 is 0 Å². The van der Waals surface area contributed by atoms with Crippen molar-refractivity contribution in [2.45, 2.75) is 13.1 Å². The smallest absolute Gasteiger partial charge is 0.271 e. The van der Waals surface area contributed by atoms with E-state index in [1.807, 2.05) is 48.4 Å². The molecule has 2 heterocycles. The van der Waals surface area contributed by atoms with E-state index in [2.05, 4.69) is 27.3 Å². The third-order valence-electron chi connectivity index (χ3n) is 3.55. The van der Waals surface area contributed by atoms with Gasteiger partial charge in [0.25, 0.3) is 5.91 Å². The summed E-state index contributed by atoms with van der Waals surface area (Å²) in [4.78, 5) is 18.9. The van der Waals surface area contributed by atoms with Gasteiger partial charge in [-0.05, 0) is 36.7 Å². The number of thiazole rings is 1. The van der Waals surface area contributed by atoms with Gasteiger partial charge in [0.1, 0.15) is 10.7 Å². The molecule has 0 aliphatic rings. The fourth-order valence-electron chi connectivity index (χ4n) is 2.39. The zero-order valence-electron chi connectivity index (χ0n) is 13.7. The van der Waals surface area contributed by atoms with Crippen molar-refractivity contribution in [3.8, 4) is 10.6 Å². The molecule has 24 heavy (non-hydrogen) atoms. The van der Waals surface area contributed by atoms with Crippen molar-refractivity contribution in [1.29, 1.82) is 0 Å². The molecule has 124 valence electrons. The summed E-state index contributed by atoms with van der Waals surface area (Å²) in [6.07, 6.45) is 0. The molecule has 0 saturated carbocycles. The normalized spacial score (nSPS) is 11.0. The van der Waals surface area contributed by atoms with E-state index in [-0.39, 0.29) is 5.91 Å². The number of benzene rings is 1. The summed E-state index contributed by atoms with van der Waals surface area (Å²) in [5, 5.41) is 9.73. The van der Waals surface area contributed by atoms with Crippen molar-refractivity contribution in [2.24, 2.45) is 0 Å². The first-order chi connectivity index (χ1) is 11.6. The van der Waals surface area contributed by atoms with Crippen molar-refractivity contribution in [3.63, 3.8) is 0 Å². The Morgan fingerprint density at radius 2 is 1.96 bits per heavy atom. The number of carbonyl (C=O) groups is 1. The van der Waals surface area contributed by atoms with E-state index in [1.165, 1.54) is 16.9 Å². The van der Waals surface area contributed by atoms with Crippen LogP contribution in [0.5, 0.6) is 0 Å². The number of hydrogen-bond donors (Lipinski definition) is 1. The predicted molar refractivity (Wildman–Crippen MR) is 100 cm³/mol. The lowest BCUT2D eigenvalue weighted by Gasteiger charge is -2.14. The second-order valence-corrected chi connectivity index (χ2v) is 7.38. The number of nitrogens with one attached hydrogen (secondary N) is 1. The van der Waals surface area contributed by atoms with E-state index in [4.69, 9.17) is 0 Å². The van der Waals surface area contributed by atoms with E-state index in [0.717, 1.165) is 22.7 Å². The van der Waals surface area contributed by atoms with Crippen LogP contribution in [0.25, 0.3) is 10.6 Å². The minimum Gasteiger partial charge on any atom is -0.347 e. The molecule has 0 saturated heterocycles. The highest BCUT2D eigenvalue weighted by Gasteiger charge is 2.12. The van der Waals surface area contributed by atoms with Crippen LogP contribution in [-0.4, -0.2) is 29.9 Å². The molecule has 3 aromatic rings. The average Bonchev–Trinajstić information content (AvgIpc) is 3.24. The van der Waals surface area contributed by atoms with Crippen molar-refractivity contribution in [1.82, 2.24) is 15.2 Å². The molecule has 0 aliphatic carbocycles. The average molecular weight is 358 g/mol. The zero-order chi connectivity index (χ0) is 16.9. The summed E-state index contributed by atoms with van der Waals surface area (Å²) in [5.74, 6) is -0.132. The van der Waals surface area contributed by atoms with Gasteiger partial charge in [0, 0.05) is 29.4 Å². The number of rotatable bonds is 6. The summed E-state index contributed by atoms with van der Waals surface area (Å²) < 4.78 is 0. The molecule has 1 amide bonds. The maximum atomic E-state index is 12.4. The minimum absolute atomic E-state index is 0.132. The molecule has 0 spiro atoms. The van der Waals surface area contributed by atoms with Gasteiger partial charge in [-0.1, -0.05) is 24.3 Å². The van der Waals surface area contributed by atoms with Crippen LogP contribution in [-0.2, 0) is 13.1 Å². The van der Waals surface area contributed by atoms with Crippen LogP contribution in [0.4, 0.5) is 0 Å². The Balaban J connectivity index is 1.66. The maximum absolute atomic E-state index is 12.4. The molecule has 0 bridgehead atoms. The highest BCUT2D eigenvalue weighted by molar-refractivity contribution is 7.14. The SMILES string of the molecule is CN(C)Cc1ccccc1CNC(=O)c1csc(-c2ccsc2)n1. The number of carbonyl (C=O) groups excluding carboxylic acids is 1. The number of aromatic nitrogens is 1. The molecule has 2 aromatic heterocycles. The Morgan fingerprint density at radius 1 is 1.17 bits per heavy atom. The highest BCUT2D eigenvalue weighted by atomic mass is 32.1. The van der Waals surface area contributed by atoms with Gasteiger partial charge in [0.2, 0.25) is 0 Å². The lowest BCUT2D eigenvalue weighted by Crippen LogP contribution is -2.24. The van der Waals surface area contributed by atoms with Crippen molar-refractivity contribution in [2.75, 3.05) is 14.1 Å². The van der Waals surface area contributed by atoms with Crippen LogP contribution in [0.3, 0.4) is 0 Å². The monoisotopic (exact) mass is 357 g/mol. The predicted octanol–water partition coefficient (Wildman–Crippen LogP) is 3.86. The second kappa shape index (κ2) is 7.70. The van der Waals surface area contributed by atoms with E-state index in [1.54, 1.807) is 11.3 Å². The molecule has 0 fully saturated rings. The Kier molecular flexibility index (Phi) is 5.40. The first kappa shape index (κ1) is 16.8. The summed E-state index contributed by atoms with van der Waals surface area (Å²) >= 11 is 3.13. The van der Waals surface area contributed by atoms with E-state index >= 15 is 0 Å². The lowest BCUT2D eigenvalue weighted by atomic mass is 10.1. The third kappa shape index (κ3) is 4.08. The van der Waals surface area contributed by atoms with Crippen LogP contribution >= 0.6 is 22.7 Å². The van der Waals surface area contributed by atoms with Crippen LogP contribution in [0.15, 0.2) is 46.5 Å². The molecule has 0 atom stereocenters. The van der Waals surface area contributed by atoms with Crippen LogP contribution in [0.2, 0.25) is 0 Å². The molecule has 4 nitrogen and oxygen atoms in total. The standard InChI is InChI=1S/C18H19N3OS2/c1-21(2)10-14-6-4-3-5-13(14)9-19-17(22)16-12-24-18(20-16)15-7-8-23-11-15/h3-8,11-12H,9-10H2,1-2H3,(H,19,22). The maximum Gasteiger partial charge on any atom is 0.271 e. The van der Waals surface area contributed by atoms with Gasteiger partial charge in [-0.2, -0.15) is 11.3 Å². The van der Waals surface area contributed by atoms with E-state index in [0.29, 0.717) is 12.2 Å². The Labute approximate surface area is 149 Å². The van der Waals surface area contributed by atoms with Crippen LogP contribution < -0.4 is 5.32 Å². The van der Waals surface area contributed by atoms with E-state index in [9.17, 15) is 4.79 Å². The fourth-order valence-corrected chi connectivity index (χ4v) is 3.90. The van der Waals surface area contributed by atoms with Gasteiger partial charge in [0.15, 0.2) is 0 Å². The Morgan fingerprint density at radius 3 is 2.67 bits per heavy atom. The summed E-state index contributed by atoms with van der Waals surface area (Å²) in [5.41, 5.74) is 3.90. The first-order valence-electron chi connectivity index (χ1n) is 7.61. The molecule has 0 unspecified atom stereocenters. The molecule has 1 aromatic carbocycles. The fraction of sp³-hybridized carbons (Fsp3) is 0.222. The van der Waals surface area contributed by atoms with Crippen molar-refractivity contribution in [3.05, 3.63) is 63.3 Å². The van der Waals surface area contributed by atoms with Gasteiger partial charge in [-0.15, -0.1) is 11.3 Å².